The number of halogens is 1. The van der Waals surface area contributed by atoms with Crippen LogP contribution in [0.3, 0.4) is 0 Å². The normalized spacial score (nSPS) is 21.3. The van der Waals surface area contributed by atoms with E-state index in [-0.39, 0.29) is 24.1 Å². The Bertz CT molecular complexity index is 688. The number of hydrogen-bond acceptors (Lipinski definition) is 5. The topological polar surface area (TPSA) is 70.2 Å². The van der Waals surface area contributed by atoms with Crippen molar-refractivity contribution in [1.29, 1.82) is 0 Å². The highest BCUT2D eigenvalue weighted by atomic mass is 127. The van der Waals surface area contributed by atoms with E-state index in [1.807, 2.05) is 12.1 Å². The van der Waals surface area contributed by atoms with Crippen molar-refractivity contribution in [3.8, 4) is 0 Å². The van der Waals surface area contributed by atoms with Crippen LogP contribution in [0.25, 0.3) is 0 Å². The van der Waals surface area contributed by atoms with Gasteiger partial charge in [0.05, 0.1) is 25.3 Å². The van der Waals surface area contributed by atoms with Crippen molar-refractivity contribution in [3.63, 3.8) is 0 Å². The van der Waals surface area contributed by atoms with Crippen LogP contribution in [0.5, 0.6) is 0 Å². The molecule has 1 atom stereocenters. The highest BCUT2D eigenvalue weighted by Gasteiger charge is 2.43. The number of amides is 3. The first kappa shape index (κ1) is 19.2. The molecule has 3 amide bonds. The zero-order valence-corrected chi connectivity index (χ0v) is 16.8. The van der Waals surface area contributed by atoms with E-state index >= 15 is 0 Å². The van der Waals surface area contributed by atoms with E-state index in [1.165, 1.54) is 16.7 Å². The number of rotatable bonds is 5. The summed E-state index contributed by atoms with van der Waals surface area (Å²) in [5, 5.41) is 0. The van der Waals surface area contributed by atoms with Crippen LogP contribution in [0.15, 0.2) is 24.3 Å². The molecule has 2 fully saturated rings. The maximum absolute atomic E-state index is 12.9. The van der Waals surface area contributed by atoms with E-state index in [2.05, 4.69) is 27.5 Å². The molecule has 2 aliphatic heterocycles. The third-order valence-electron chi connectivity index (χ3n) is 4.75. The predicted molar refractivity (Wildman–Crippen MR) is 105 cm³/mol. The Labute approximate surface area is 166 Å². The minimum absolute atomic E-state index is 0.0352. The van der Waals surface area contributed by atoms with Gasteiger partial charge in [0.25, 0.3) is 5.91 Å². The van der Waals surface area contributed by atoms with Crippen molar-refractivity contribution in [1.82, 2.24) is 9.80 Å². The Kier molecular flexibility index (Phi) is 6.25. The summed E-state index contributed by atoms with van der Waals surface area (Å²) in [6.07, 6.45) is 0.0352. The lowest BCUT2D eigenvalue weighted by molar-refractivity contribution is -0.136. The SMILES string of the molecule is CC(=O)N(CCN1CCOCC1)C1CC(=O)N(c2ccc(I)cc2)C1=O. The third-order valence-corrected chi connectivity index (χ3v) is 5.47. The monoisotopic (exact) mass is 471 g/mol. The smallest absolute Gasteiger partial charge is 0.257 e. The largest absolute Gasteiger partial charge is 0.379 e. The number of hydrogen-bond donors (Lipinski definition) is 0. The minimum atomic E-state index is -0.722. The lowest BCUT2D eigenvalue weighted by atomic mass is 10.2. The van der Waals surface area contributed by atoms with Crippen LogP contribution in [0.2, 0.25) is 0 Å². The van der Waals surface area contributed by atoms with E-state index in [0.717, 1.165) is 16.7 Å². The highest BCUT2D eigenvalue weighted by Crippen LogP contribution is 2.26. The zero-order valence-electron chi connectivity index (χ0n) is 14.7. The van der Waals surface area contributed by atoms with Gasteiger partial charge in [0.15, 0.2) is 0 Å². The summed E-state index contributed by atoms with van der Waals surface area (Å²) in [5.74, 6) is -0.777. The molecule has 2 saturated heterocycles. The quantitative estimate of drug-likeness (QED) is 0.476. The van der Waals surface area contributed by atoms with Gasteiger partial charge < -0.3 is 9.64 Å². The Morgan fingerprint density at radius 1 is 1.23 bits per heavy atom. The van der Waals surface area contributed by atoms with E-state index in [0.29, 0.717) is 32.0 Å². The highest BCUT2D eigenvalue weighted by molar-refractivity contribution is 14.1. The average molecular weight is 471 g/mol. The summed E-state index contributed by atoms with van der Waals surface area (Å²) in [5.41, 5.74) is 0.555. The first-order chi connectivity index (χ1) is 12.5. The van der Waals surface area contributed by atoms with Crippen LogP contribution < -0.4 is 4.90 Å². The van der Waals surface area contributed by atoms with Gasteiger partial charge in [-0.25, -0.2) is 4.90 Å². The number of nitrogens with zero attached hydrogens (tertiary/aromatic N) is 3. The van der Waals surface area contributed by atoms with Crippen LogP contribution in [-0.4, -0.2) is 73.0 Å². The first-order valence-electron chi connectivity index (χ1n) is 8.67. The molecular weight excluding hydrogens is 449 g/mol. The number of ether oxygens (including phenoxy) is 1. The second-order valence-electron chi connectivity index (χ2n) is 6.43. The van der Waals surface area contributed by atoms with Gasteiger partial charge in [-0.15, -0.1) is 0 Å². The zero-order chi connectivity index (χ0) is 18.7. The maximum Gasteiger partial charge on any atom is 0.257 e. The summed E-state index contributed by atoms with van der Waals surface area (Å²) in [6, 6.07) is 6.49. The number of imide groups is 1. The number of benzene rings is 1. The summed E-state index contributed by atoms with van der Waals surface area (Å²) < 4.78 is 6.35. The van der Waals surface area contributed by atoms with E-state index < -0.39 is 6.04 Å². The lowest BCUT2D eigenvalue weighted by Crippen LogP contribution is -2.49. The summed E-state index contributed by atoms with van der Waals surface area (Å²) >= 11 is 2.17. The molecule has 140 valence electrons. The second kappa shape index (κ2) is 8.45. The summed E-state index contributed by atoms with van der Waals surface area (Å²) in [6.45, 7) is 5.55. The van der Waals surface area contributed by atoms with Crippen molar-refractivity contribution >= 4 is 46.0 Å². The predicted octanol–water partition coefficient (Wildman–Crippen LogP) is 1.10. The van der Waals surface area contributed by atoms with Crippen molar-refractivity contribution in [2.45, 2.75) is 19.4 Å². The van der Waals surface area contributed by atoms with Crippen LogP contribution in [0.4, 0.5) is 5.69 Å². The van der Waals surface area contributed by atoms with Crippen LogP contribution >= 0.6 is 22.6 Å². The Balaban J connectivity index is 1.71. The molecule has 1 aromatic carbocycles. The molecule has 2 aliphatic rings. The molecule has 0 spiro atoms. The molecule has 0 saturated carbocycles. The fourth-order valence-corrected chi connectivity index (χ4v) is 3.69. The first-order valence-corrected chi connectivity index (χ1v) is 9.75. The van der Waals surface area contributed by atoms with E-state index in [9.17, 15) is 14.4 Å². The van der Waals surface area contributed by atoms with Crippen molar-refractivity contribution in [2.24, 2.45) is 0 Å². The minimum Gasteiger partial charge on any atom is -0.379 e. The van der Waals surface area contributed by atoms with Gasteiger partial charge in [0.2, 0.25) is 11.8 Å². The average Bonchev–Trinajstić information content (AvgIpc) is 2.91. The maximum atomic E-state index is 12.9. The van der Waals surface area contributed by atoms with Crippen molar-refractivity contribution in [3.05, 3.63) is 27.8 Å². The van der Waals surface area contributed by atoms with E-state index in [4.69, 9.17) is 4.74 Å². The summed E-state index contributed by atoms with van der Waals surface area (Å²) in [4.78, 5) is 42.4. The van der Waals surface area contributed by atoms with Crippen LogP contribution in [0, 0.1) is 3.57 Å². The Morgan fingerprint density at radius 2 is 1.88 bits per heavy atom. The van der Waals surface area contributed by atoms with Gasteiger partial charge in [0.1, 0.15) is 6.04 Å². The Morgan fingerprint density at radius 3 is 2.50 bits per heavy atom. The van der Waals surface area contributed by atoms with E-state index in [1.54, 1.807) is 12.1 Å². The molecule has 1 aromatic rings. The molecule has 7 nitrogen and oxygen atoms in total. The molecular formula is C18H22IN3O4. The summed E-state index contributed by atoms with van der Waals surface area (Å²) in [7, 11) is 0. The van der Waals surface area contributed by atoms with Crippen LogP contribution in [-0.2, 0) is 19.1 Å². The molecule has 0 bridgehead atoms. The molecule has 3 rings (SSSR count). The molecule has 2 heterocycles. The van der Waals surface area contributed by atoms with Gasteiger partial charge in [-0.05, 0) is 46.9 Å². The number of carbonyl (C=O) groups excluding carboxylic acids is 3. The fraction of sp³-hybridized carbons (Fsp3) is 0.500. The number of anilines is 1. The van der Waals surface area contributed by atoms with Gasteiger partial charge in [-0.3, -0.25) is 19.3 Å². The van der Waals surface area contributed by atoms with Crippen molar-refractivity contribution < 1.29 is 19.1 Å². The van der Waals surface area contributed by atoms with Gasteiger partial charge in [-0.1, -0.05) is 0 Å². The molecule has 1 unspecified atom stereocenters. The Hall–Kier alpha value is -1.52. The van der Waals surface area contributed by atoms with Crippen molar-refractivity contribution in [2.75, 3.05) is 44.3 Å². The lowest BCUT2D eigenvalue weighted by Gasteiger charge is -2.31. The van der Waals surface area contributed by atoms with Gasteiger partial charge in [0, 0.05) is 36.7 Å². The molecule has 0 radical (unpaired) electrons. The second-order valence-corrected chi connectivity index (χ2v) is 7.68. The molecule has 8 heteroatoms. The molecule has 0 aliphatic carbocycles. The molecule has 26 heavy (non-hydrogen) atoms. The number of morpholine rings is 1. The third kappa shape index (κ3) is 4.24. The standard InChI is InChI=1S/C18H22IN3O4/c1-13(23)21(7-6-20-8-10-26-11-9-20)16-12-17(24)22(18(16)25)15-4-2-14(19)3-5-15/h2-5,16H,6-12H2,1H3. The number of carbonyl (C=O) groups is 3. The molecule has 0 N–H and O–H groups in total. The molecule has 0 aromatic heterocycles. The van der Waals surface area contributed by atoms with Gasteiger partial charge >= 0.3 is 0 Å². The van der Waals surface area contributed by atoms with Gasteiger partial charge in [-0.2, -0.15) is 0 Å². The van der Waals surface area contributed by atoms with Crippen LogP contribution in [0.1, 0.15) is 13.3 Å². The fourth-order valence-electron chi connectivity index (χ4n) is 3.33.